The van der Waals surface area contributed by atoms with E-state index in [0.717, 1.165) is 4.47 Å². The Balaban J connectivity index is 1.90. The van der Waals surface area contributed by atoms with Crippen LogP contribution in [0.25, 0.3) is 5.65 Å². The highest BCUT2D eigenvalue weighted by Gasteiger charge is 2.11. The molecule has 2 aromatic heterocycles. The standard InChI is InChI=1S/C15H13BrN4O2/c1-2-22-12-5-3-4-10(6-12)15(21)18-13-7-11(16)8-20-9-17-19-14(13)20/h3-9H,2H2,1H3,(H,18,21). The molecule has 1 aromatic carbocycles. The van der Waals surface area contributed by atoms with Gasteiger partial charge in [0.2, 0.25) is 0 Å². The molecule has 2 heterocycles. The molecule has 0 saturated carbocycles. The predicted octanol–water partition coefficient (Wildman–Crippen LogP) is 3.14. The molecule has 0 unspecified atom stereocenters. The van der Waals surface area contributed by atoms with Crippen molar-refractivity contribution in [1.29, 1.82) is 0 Å². The van der Waals surface area contributed by atoms with Crippen molar-refractivity contribution in [2.24, 2.45) is 0 Å². The number of carbonyl (C=O) groups is 1. The average molecular weight is 361 g/mol. The molecule has 0 saturated heterocycles. The van der Waals surface area contributed by atoms with Crippen molar-refractivity contribution in [2.75, 3.05) is 11.9 Å². The molecule has 0 aliphatic heterocycles. The van der Waals surface area contributed by atoms with E-state index in [9.17, 15) is 4.79 Å². The Morgan fingerprint density at radius 3 is 3.09 bits per heavy atom. The maximum Gasteiger partial charge on any atom is 0.255 e. The summed E-state index contributed by atoms with van der Waals surface area (Å²) in [6.07, 6.45) is 3.40. The summed E-state index contributed by atoms with van der Waals surface area (Å²) in [5, 5.41) is 10.7. The molecular weight excluding hydrogens is 348 g/mol. The van der Waals surface area contributed by atoms with E-state index < -0.39 is 0 Å². The molecular formula is C15H13BrN4O2. The lowest BCUT2D eigenvalue weighted by Crippen LogP contribution is -2.13. The Morgan fingerprint density at radius 2 is 2.27 bits per heavy atom. The van der Waals surface area contributed by atoms with Crippen molar-refractivity contribution in [3.63, 3.8) is 0 Å². The van der Waals surface area contributed by atoms with Crippen molar-refractivity contribution in [3.05, 3.63) is 52.9 Å². The fourth-order valence-electron chi connectivity index (χ4n) is 2.08. The third kappa shape index (κ3) is 2.94. The van der Waals surface area contributed by atoms with Crippen LogP contribution >= 0.6 is 15.9 Å². The van der Waals surface area contributed by atoms with Gasteiger partial charge in [-0.05, 0) is 47.1 Å². The van der Waals surface area contributed by atoms with Crippen LogP contribution in [0.1, 0.15) is 17.3 Å². The first-order valence-electron chi connectivity index (χ1n) is 6.70. The van der Waals surface area contributed by atoms with Crippen LogP contribution in [-0.4, -0.2) is 27.1 Å². The molecule has 6 nitrogen and oxygen atoms in total. The number of ether oxygens (including phenoxy) is 1. The summed E-state index contributed by atoms with van der Waals surface area (Å²) >= 11 is 3.40. The predicted molar refractivity (Wildman–Crippen MR) is 86.3 cm³/mol. The number of nitrogens with zero attached hydrogens (tertiary/aromatic N) is 3. The van der Waals surface area contributed by atoms with Gasteiger partial charge in [0.1, 0.15) is 12.1 Å². The minimum absolute atomic E-state index is 0.232. The zero-order chi connectivity index (χ0) is 15.5. The van der Waals surface area contributed by atoms with E-state index >= 15 is 0 Å². The van der Waals surface area contributed by atoms with Crippen LogP contribution in [0, 0.1) is 0 Å². The third-order valence-electron chi connectivity index (χ3n) is 3.01. The van der Waals surface area contributed by atoms with E-state index in [2.05, 4.69) is 31.4 Å². The Kier molecular flexibility index (Phi) is 4.06. The molecule has 1 amide bonds. The SMILES string of the molecule is CCOc1cccc(C(=O)Nc2cc(Br)cn3cnnc23)c1. The minimum atomic E-state index is -0.232. The van der Waals surface area contributed by atoms with Gasteiger partial charge in [-0.25, -0.2) is 0 Å². The van der Waals surface area contributed by atoms with Crippen molar-refractivity contribution >= 4 is 33.2 Å². The van der Waals surface area contributed by atoms with E-state index in [1.807, 2.05) is 19.2 Å². The largest absolute Gasteiger partial charge is 0.494 e. The summed E-state index contributed by atoms with van der Waals surface area (Å²) in [4.78, 5) is 12.4. The number of halogens is 1. The second-order valence-electron chi connectivity index (χ2n) is 4.55. The number of hydrogen-bond acceptors (Lipinski definition) is 4. The molecule has 3 aromatic rings. The van der Waals surface area contributed by atoms with Crippen LogP contribution in [0.5, 0.6) is 5.75 Å². The highest BCUT2D eigenvalue weighted by molar-refractivity contribution is 9.10. The molecule has 0 spiro atoms. The molecule has 0 aliphatic carbocycles. The zero-order valence-corrected chi connectivity index (χ0v) is 13.4. The maximum atomic E-state index is 12.4. The monoisotopic (exact) mass is 360 g/mol. The molecule has 7 heteroatoms. The number of hydrogen-bond donors (Lipinski definition) is 1. The molecule has 3 rings (SSSR count). The molecule has 22 heavy (non-hydrogen) atoms. The molecule has 0 atom stereocenters. The van der Waals surface area contributed by atoms with Crippen molar-refractivity contribution in [3.8, 4) is 5.75 Å². The summed E-state index contributed by atoms with van der Waals surface area (Å²) in [5.41, 5.74) is 1.68. The van der Waals surface area contributed by atoms with Crippen LogP contribution in [0.3, 0.4) is 0 Å². The summed E-state index contributed by atoms with van der Waals surface area (Å²) in [6.45, 7) is 2.45. The number of nitrogens with one attached hydrogen (secondary N) is 1. The minimum Gasteiger partial charge on any atom is -0.494 e. The van der Waals surface area contributed by atoms with Gasteiger partial charge in [0, 0.05) is 16.2 Å². The van der Waals surface area contributed by atoms with Gasteiger partial charge in [-0.3, -0.25) is 9.20 Å². The molecule has 0 fully saturated rings. The quantitative estimate of drug-likeness (QED) is 0.775. The van der Waals surface area contributed by atoms with Gasteiger partial charge >= 0.3 is 0 Å². The van der Waals surface area contributed by atoms with Crippen molar-refractivity contribution < 1.29 is 9.53 Å². The van der Waals surface area contributed by atoms with Crippen molar-refractivity contribution in [1.82, 2.24) is 14.6 Å². The second-order valence-corrected chi connectivity index (χ2v) is 5.46. The summed E-state index contributed by atoms with van der Waals surface area (Å²) in [6, 6.07) is 8.83. The summed E-state index contributed by atoms with van der Waals surface area (Å²) in [7, 11) is 0. The van der Waals surface area contributed by atoms with Crippen LogP contribution in [0.4, 0.5) is 5.69 Å². The van der Waals surface area contributed by atoms with E-state index in [1.54, 1.807) is 35.0 Å². The van der Waals surface area contributed by atoms with Gasteiger partial charge in [0.25, 0.3) is 5.91 Å². The lowest BCUT2D eigenvalue weighted by atomic mass is 10.2. The first kappa shape index (κ1) is 14.5. The Morgan fingerprint density at radius 1 is 1.41 bits per heavy atom. The lowest BCUT2D eigenvalue weighted by Gasteiger charge is -2.08. The summed E-state index contributed by atoms with van der Waals surface area (Å²) < 4.78 is 7.96. The second kappa shape index (κ2) is 6.15. The van der Waals surface area contributed by atoms with Gasteiger partial charge in [-0.15, -0.1) is 10.2 Å². The Bertz CT molecular complexity index is 831. The smallest absolute Gasteiger partial charge is 0.255 e. The number of pyridine rings is 1. The van der Waals surface area contributed by atoms with E-state index in [1.165, 1.54) is 0 Å². The molecule has 0 radical (unpaired) electrons. The first-order chi connectivity index (χ1) is 10.7. The van der Waals surface area contributed by atoms with Gasteiger partial charge < -0.3 is 10.1 Å². The molecule has 112 valence electrons. The van der Waals surface area contributed by atoms with Gasteiger partial charge in [0.15, 0.2) is 5.65 Å². The third-order valence-corrected chi connectivity index (χ3v) is 3.45. The molecule has 1 N–H and O–H groups in total. The van der Waals surface area contributed by atoms with Crippen molar-refractivity contribution in [2.45, 2.75) is 6.92 Å². The van der Waals surface area contributed by atoms with Crippen LogP contribution in [-0.2, 0) is 0 Å². The van der Waals surface area contributed by atoms with E-state index in [0.29, 0.717) is 29.3 Å². The van der Waals surface area contributed by atoms with E-state index in [4.69, 9.17) is 4.74 Å². The molecule has 0 aliphatic rings. The van der Waals surface area contributed by atoms with E-state index in [-0.39, 0.29) is 5.91 Å². The number of fused-ring (bicyclic) bond motifs is 1. The van der Waals surface area contributed by atoms with Crippen LogP contribution in [0.2, 0.25) is 0 Å². The normalized spacial score (nSPS) is 10.6. The number of aromatic nitrogens is 3. The average Bonchev–Trinajstić information content (AvgIpc) is 2.96. The maximum absolute atomic E-state index is 12.4. The highest BCUT2D eigenvalue weighted by atomic mass is 79.9. The van der Waals surface area contributed by atoms with Gasteiger partial charge in [0.05, 0.1) is 12.3 Å². The molecule has 0 bridgehead atoms. The fraction of sp³-hybridized carbons (Fsp3) is 0.133. The fourth-order valence-corrected chi connectivity index (χ4v) is 2.53. The number of rotatable bonds is 4. The Hall–Kier alpha value is -2.41. The van der Waals surface area contributed by atoms with Crippen LogP contribution in [0.15, 0.2) is 47.3 Å². The highest BCUT2D eigenvalue weighted by Crippen LogP contribution is 2.22. The van der Waals surface area contributed by atoms with Gasteiger partial charge in [-0.1, -0.05) is 6.07 Å². The topological polar surface area (TPSA) is 68.5 Å². The summed E-state index contributed by atoms with van der Waals surface area (Å²) in [5.74, 6) is 0.432. The zero-order valence-electron chi connectivity index (χ0n) is 11.8. The number of anilines is 1. The number of amides is 1. The Labute approximate surface area is 135 Å². The lowest BCUT2D eigenvalue weighted by molar-refractivity contribution is 0.102. The number of carbonyl (C=O) groups excluding carboxylic acids is 1. The number of benzene rings is 1. The van der Waals surface area contributed by atoms with Gasteiger partial charge in [-0.2, -0.15) is 0 Å². The first-order valence-corrected chi connectivity index (χ1v) is 7.50. The van der Waals surface area contributed by atoms with Crippen LogP contribution < -0.4 is 10.1 Å².